The van der Waals surface area contributed by atoms with Crippen LogP contribution in [0.15, 0.2) is 72.9 Å². The second-order valence-corrected chi connectivity index (χ2v) is 8.34. The van der Waals surface area contributed by atoms with Crippen LogP contribution in [0.25, 0.3) is 0 Å². The standard InChI is InChI=1S/C26H21F3N4O5/c1-16-6-7-17(2)24(10-16)38-22-13-19(12-20(14-22)33(35)36)30-25(34)23-8-9-32(31-23)15-37-21-5-3-4-18(11-21)26(27,28)29/h3-14H,15H2,1-2H3,(H,30,34). The van der Waals surface area contributed by atoms with Crippen molar-refractivity contribution in [2.75, 3.05) is 5.32 Å². The fraction of sp³-hybridized carbons (Fsp3) is 0.154. The molecule has 3 aromatic carbocycles. The number of aryl methyl sites for hydroxylation is 2. The van der Waals surface area contributed by atoms with Crippen LogP contribution < -0.4 is 14.8 Å². The van der Waals surface area contributed by atoms with Crippen LogP contribution in [-0.2, 0) is 12.9 Å². The minimum Gasteiger partial charge on any atom is -0.471 e. The summed E-state index contributed by atoms with van der Waals surface area (Å²) in [6.45, 7) is 3.47. The maximum atomic E-state index is 12.9. The smallest absolute Gasteiger partial charge is 0.416 e. The van der Waals surface area contributed by atoms with Gasteiger partial charge in [0, 0.05) is 18.3 Å². The van der Waals surface area contributed by atoms with Gasteiger partial charge in [-0.1, -0.05) is 18.2 Å². The van der Waals surface area contributed by atoms with Crippen molar-refractivity contribution < 1.29 is 32.4 Å². The summed E-state index contributed by atoms with van der Waals surface area (Å²) >= 11 is 0. The molecule has 38 heavy (non-hydrogen) atoms. The fourth-order valence-corrected chi connectivity index (χ4v) is 3.42. The van der Waals surface area contributed by atoms with E-state index in [0.29, 0.717) is 5.75 Å². The van der Waals surface area contributed by atoms with Crippen molar-refractivity contribution >= 4 is 17.3 Å². The number of alkyl halides is 3. The van der Waals surface area contributed by atoms with E-state index >= 15 is 0 Å². The van der Waals surface area contributed by atoms with Crippen molar-refractivity contribution in [2.24, 2.45) is 0 Å². The molecule has 0 aliphatic heterocycles. The number of nitro groups is 1. The SMILES string of the molecule is Cc1ccc(C)c(Oc2cc(NC(=O)c3ccn(COc4cccc(C(F)(F)F)c4)n3)cc([N+](=O)[O-])c2)c1. The van der Waals surface area contributed by atoms with E-state index in [4.69, 9.17) is 9.47 Å². The number of hydrogen-bond donors (Lipinski definition) is 1. The molecule has 1 heterocycles. The van der Waals surface area contributed by atoms with Crippen LogP contribution in [0.4, 0.5) is 24.5 Å². The summed E-state index contributed by atoms with van der Waals surface area (Å²) in [5.74, 6) is -0.0131. The topological polar surface area (TPSA) is 109 Å². The van der Waals surface area contributed by atoms with Crippen molar-refractivity contribution in [3.05, 3.63) is 105 Å². The first-order valence-electron chi connectivity index (χ1n) is 11.2. The first-order valence-corrected chi connectivity index (χ1v) is 11.2. The fourth-order valence-electron chi connectivity index (χ4n) is 3.42. The van der Waals surface area contributed by atoms with Gasteiger partial charge in [-0.25, -0.2) is 4.68 Å². The Morgan fingerprint density at radius 2 is 1.84 bits per heavy atom. The predicted octanol–water partition coefficient (Wildman–Crippen LogP) is 6.51. The van der Waals surface area contributed by atoms with Crippen molar-refractivity contribution in [3.63, 3.8) is 0 Å². The Kier molecular flexibility index (Phi) is 7.33. The molecule has 12 heteroatoms. The van der Waals surface area contributed by atoms with Gasteiger partial charge in [0.25, 0.3) is 11.6 Å². The number of nitro benzene ring substituents is 1. The lowest BCUT2D eigenvalue weighted by Crippen LogP contribution is -2.14. The summed E-state index contributed by atoms with van der Waals surface area (Å²) in [6, 6.07) is 15.2. The van der Waals surface area contributed by atoms with Gasteiger partial charge in [0.2, 0.25) is 0 Å². The predicted molar refractivity (Wildman–Crippen MR) is 131 cm³/mol. The zero-order valence-electron chi connectivity index (χ0n) is 20.2. The second kappa shape index (κ2) is 10.6. The van der Waals surface area contributed by atoms with Crippen molar-refractivity contribution in [2.45, 2.75) is 26.8 Å². The number of rotatable bonds is 8. The van der Waals surface area contributed by atoms with Crippen LogP contribution in [0.2, 0.25) is 0 Å². The van der Waals surface area contributed by atoms with Gasteiger partial charge in [0.15, 0.2) is 12.4 Å². The molecule has 0 saturated carbocycles. The molecule has 4 rings (SSSR count). The number of carbonyl (C=O) groups excluding carboxylic acids is 1. The summed E-state index contributed by atoms with van der Waals surface area (Å²) in [6.07, 6.45) is -3.10. The highest BCUT2D eigenvalue weighted by Crippen LogP contribution is 2.33. The maximum Gasteiger partial charge on any atom is 0.416 e. The first kappa shape index (κ1) is 26.2. The molecule has 9 nitrogen and oxygen atoms in total. The van der Waals surface area contributed by atoms with Gasteiger partial charge >= 0.3 is 6.18 Å². The third kappa shape index (κ3) is 6.46. The average molecular weight is 526 g/mol. The molecule has 196 valence electrons. The van der Waals surface area contributed by atoms with Gasteiger partial charge in [-0.2, -0.15) is 18.3 Å². The number of ether oxygens (including phenoxy) is 2. The highest BCUT2D eigenvalue weighted by molar-refractivity contribution is 6.03. The first-order chi connectivity index (χ1) is 18.0. The summed E-state index contributed by atoms with van der Waals surface area (Å²) in [4.78, 5) is 23.6. The lowest BCUT2D eigenvalue weighted by molar-refractivity contribution is -0.384. The summed E-state index contributed by atoms with van der Waals surface area (Å²) < 4.78 is 51.1. The highest BCUT2D eigenvalue weighted by Gasteiger charge is 2.30. The Hall–Kier alpha value is -4.87. The zero-order chi connectivity index (χ0) is 27.4. The van der Waals surface area contributed by atoms with Gasteiger partial charge in [-0.05, 0) is 55.3 Å². The Morgan fingerprint density at radius 3 is 2.58 bits per heavy atom. The summed E-state index contributed by atoms with van der Waals surface area (Å²) in [5.41, 5.74) is 0.694. The highest BCUT2D eigenvalue weighted by atomic mass is 19.4. The van der Waals surface area contributed by atoms with Crippen molar-refractivity contribution in [1.82, 2.24) is 9.78 Å². The molecule has 0 spiro atoms. The van der Waals surface area contributed by atoms with Crippen LogP contribution >= 0.6 is 0 Å². The molecular weight excluding hydrogens is 505 g/mol. The molecule has 1 amide bonds. The molecule has 0 aliphatic carbocycles. The van der Waals surface area contributed by atoms with Crippen LogP contribution in [0.5, 0.6) is 17.2 Å². The van der Waals surface area contributed by atoms with E-state index in [2.05, 4.69) is 10.4 Å². The number of anilines is 1. The molecule has 0 fully saturated rings. The molecule has 0 saturated heterocycles. The monoisotopic (exact) mass is 526 g/mol. The maximum absolute atomic E-state index is 12.9. The summed E-state index contributed by atoms with van der Waals surface area (Å²) in [7, 11) is 0. The van der Waals surface area contributed by atoms with Crippen LogP contribution in [0.3, 0.4) is 0 Å². The van der Waals surface area contributed by atoms with Crippen molar-refractivity contribution in [3.8, 4) is 17.2 Å². The Bertz CT molecular complexity index is 1500. The average Bonchev–Trinajstić information content (AvgIpc) is 3.34. The summed E-state index contributed by atoms with van der Waals surface area (Å²) in [5, 5.41) is 18.1. The number of non-ortho nitro benzene ring substituents is 1. The zero-order valence-corrected chi connectivity index (χ0v) is 20.2. The number of benzene rings is 3. The van der Waals surface area contributed by atoms with E-state index in [0.717, 1.165) is 23.3 Å². The number of amides is 1. The number of hydrogen-bond acceptors (Lipinski definition) is 6. The lowest BCUT2D eigenvalue weighted by Gasteiger charge is -2.11. The molecule has 0 radical (unpaired) electrons. The Morgan fingerprint density at radius 1 is 1.05 bits per heavy atom. The molecular formula is C26H21F3N4O5. The van der Waals surface area contributed by atoms with E-state index in [9.17, 15) is 28.1 Å². The molecule has 4 aromatic rings. The minimum absolute atomic E-state index is 0.0192. The second-order valence-electron chi connectivity index (χ2n) is 8.34. The van der Waals surface area contributed by atoms with E-state index in [1.54, 1.807) is 6.07 Å². The third-order valence-electron chi connectivity index (χ3n) is 5.33. The minimum atomic E-state index is -4.51. The van der Waals surface area contributed by atoms with Crippen LogP contribution in [0, 0.1) is 24.0 Å². The van der Waals surface area contributed by atoms with Crippen LogP contribution in [-0.4, -0.2) is 20.6 Å². The van der Waals surface area contributed by atoms with E-state index in [1.165, 1.54) is 47.3 Å². The molecule has 0 unspecified atom stereocenters. The number of carbonyl (C=O) groups is 1. The molecule has 0 bridgehead atoms. The van der Waals surface area contributed by atoms with Gasteiger partial charge in [-0.15, -0.1) is 0 Å². The van der Waals surface area contributed by atoms with Crippen molar-refractivity contribution in [1.29, 1.82) is 0 Å². The van der Waals surface area contributed by atoms with E-state index in [-0.39, 0.29) is 35.3 Å². The number of nitrogens with one attached hydrogen (secondary N) is 1. The quantitative estimate of drug-likeness (QED) is 0.207. The lowest BCUT2D eigenvalue weighted by atomic mass is 10.1. The van der Waals surface area contributed by atoms with E-state index in [1.807, 2.05) is 26.0 Å². The molecule has 1 N–H and O–H groups in total. The van der Waals surface area contributed by atoms with Gasteiger partial charge < -0.3 is 14.8 Å². The molecule has 1 aromatic heterocycles. The van der Waals surface area contributed by atoms with E-state index < -0.39 is 22.6 Å². The molecule has 0 aliphatic rings. The van der Waals surface area contributed by atoms with Gasteiger partial charge in [-0.3, -0.25) is 14.9 Å². The number of nitrogens with zero attached hydrogens (tertiary/aromatic N) is 3. The molecule has 0 atom stereocenters. The number of halogens is 3. The normalized spacial score (nSPS) is 11.2. The van der Waals surface area contributed by atoms with Gasteiger partial charge in [0.05, 0.1) is 22.2 Å². The Balaban J connectivity index is 1.46. The third-order valence-corrected chi connectivity index (χ3v) is 5.33. The largest absolute Gasteiger partial charge is 0.471 e. The van der Waals surface area contributed by atoms with Gasteiger partial charge in [0.1, 0.15) is 17.2 Å². The van der Waals surface area contributed by atoms with Crippen LogP contribution in [0.1, 0.15) is 27.2 Å². The number of aromatic nitrogens is 2. The Labute approximate surface area is 214 Å².